The molecule has 0 saturated carbocycles. The number of ether oxygens (including phenoxy) is 2. The van der Waals surface area contributed by atoms with E-state index in [-0.39, 0.29) is 5.91 Å². The Bertz CT molecular complexity index is 1070. The number of hydrogen-bond acceptors (Lipinski definition) is 6. The Morgan fingerprint density at radius 3 is 2.70 bits per heavy atom. The Kier molecular flexibility index (Phi) is 8.24. The van der Waals surface area contributed by atoms with Crippen molar-refractivity contribution >= 4 is 45.2 Å². The van der Waals surface area contributed by atoms with Gasteiger partial charge in [0.25, 0.3) is 0 Å². The van der Waals surface area contributed by atoms with Crippen molar-refractivity contribution in [1.82, 2.24) is 4.57 Å². The molecule has 1 amide bonds. The van der Waals surface area contributed by atoms with Crippen LogP contribution < -0.4 is 4.80 Å². The van der Waals surface area contributed by atoms with Crippen LogP contribution in [-0.2, 0) is 20.8 Å². The lowest BCUT2D eigenvalue weighted by molar-refractivity contribution is -0.117. The Morgan fingerprint density at radius 1 is 1.17 bits per heavy atom. The lowest BCUT2D eigenvalue weighted by atomic mass is 10.2. The number of carbonyl (C=O) groups excluding carboxylic acids is 2. The fourth-order valence-corrected chi connectivity index (χ4v) is 4.83. The summed E-state index contributed by atoms with van der Waals surface area (Å²) in [7, 11) is 1.36. The first kappa shape index (κ1) is 22.3. The molecule has 0 radical (unpaired) electrons. The number of thiazole rings is 1. The van der Waals surface area contributed by atoms with Crippen LogP contribution in [0.25, 0.3) is 10.2 Å². The van der Waals surface area contributed by atoms with E-state index in [1.165, 1.54) is 18.4 Å². The van der Waals surface area contributed by atoms with Crippen molar-refractivity contribution in [3.63, 3.8) is 0 Å². The van der Waals surface area contributed by atoms with E-state index >= 15 is 0 Å². The van der Waals surface area contributed by atoms with Gasteiger partial charge in [-0.3, -0.25) is 4.79 Å². The van der Waals surface area contributed by atoms with Gasteiger partial charge < -0.3 is 14.0 Å². The predicted molar refractivity (Wildman–Crippen MR) is 120 cm³/mol. The first-order chi connectivity index (χ1) is 14.6. The molecule has 0 aliphatic rings. The Hall–Kier alpha value is -2.42. The molecule has 0 N–H and O–H groups in total. The zero-order valence-electron chi connectivity index (χ0n) is 17.0. The zero-order chi connectivity index (χ0) is 21.3. The van der Waals surface area contributed by atoms with E-state index in [0.717, 1.165) is 15.1 Å². The highest BCUT2D eigenvalue weighted by atomic mass is 32.2. The molecule has 8 heteroatoms. The summed E-state index contributed by atoms with van der Waals surface area (Å²) < 4.78 is 13.1. The molecular weight excluding hydrogens is 420 g/mol. The first-order valence-corrected chi connectivity index (χ1v) is 11.5. The van der Waals surface area contributed by atoms with Crippen LogP contribution in [0, 0.1) is 0 Å². The van der Waals surface area contributed by atoms with E-state index < -0.39 is 5.97 Å². The summed E-state index contributed by atoms with van der Waals surface area (Å²) in [4.78, 5) is 30.4. The lowest BCUT2D eigenvalue weighted by Crippen LogP contribution is -2.19. The van der Waals surface area contributed by atoms with E-state index in [0.29, 0.717) is 42.3 Å². The van der Waals surface area contributed by atoms with Gasteiger partial charge >= 0.3 is 5.97 Å². The maximum atomic E-state index is 12.5. The molecule has 1 heterocycles. The molecule has 0 fully saturated rings. The third kappa shape index (κ3) is 5.81. The Morgan fingerprint density at radius 2 is 1.97 bits per heavy atom. The molecule has 0 unspecified atom stereocenters. The average Bonchev–Trinajstić information content (AvgIpc) is 3.10. The fraction of sp³-hybridized carbons (Fsp3) is 0.318. The highest BCUT2D eigenvalue weighted by Gasteiger charge is 2.12. The SMILES string of the molecule is CCOCCn1c(=NC(=O)CCSc2ccccc2)sc2cc(C(=O)OC)ccc21. The zero-order valence-corrected chi connectivity index (χ0v) is 18.6. The van der Waals surface area contributed by atoms with Crippen molar-refractivity contribution in [2.45, 2.75) is 24.8 Å². The summed E-state index contributed by atoms with van der Waals surface area (Å²) in [5.41, 5.74) is 1.39. The van der Waals surface area contributed by atoms with Crippen LogP contribution in [0.3, 0.4) is 0 Å². The standard InChI is InChI=1S/C22H24N2O4S2/c1-3-28-13-12-24-18-10-9-16(21(26)27-2)15-19(18)30-22(24)23-20(25)11-14-29-17-7-5-4-6-8-17/h4-10,15H,3,11-14H2,1-2H3. The van der Waals surface area contributed by atoms with Crippen molar-refractivity contribution in [3.8, 4) is 0 Å². The maximum Gasteiger partial charge on any atom is 0.337 e. The molecule has 0 aliphatic heterocycles. The van der Waals surface area contributed by atoms with Gasteiger partial charge in [0, 0.05) is 30.2 Å². The van der Waals surface area contributed by atoms with Crippen molar-refractivity contribution < 1.29 is 19.1 Å². The van der Waals surface area contributed by atoms with Crippen molar-refractivity contribution in [2.75, 3.05) is 26.1 Å². The number of benzene rings is 2. The van der Waals surface area contributed by atoms with E-state index in [1.807, 2.05) is 47.9 Å². The number of esters is 1. The van der Waals surface area contributed by atoms with E-state index in [4.69, 9.17) is 9.47 Å². The van der Waals surface area contributed by atoms with Crippen LogP contribution in [0.2, 0.25) is 0 Å². The monoisotopic (exact) mass is 444 g/mol. The number of amides is 1. The summed E-state index contributed by atoms with van der Waals surface area (Å²) in [5, 5.41) is 0. The summed E-state index contributed by atoms with van der Waals surface area (Å²) in [6.07, 6.45) is 0.354. The number of rotatable bonds is 9. The second-order valence-corrected chi connectivity index (χ2v) is 8.50. The van der Waals surface area contributed by atoms with Crippen LogP contribution in [-0.4, -0.2) is 42.5 Å². The molecule has 0 aliphatic carbocycles. The summed E-state index contributed by atoms with van der Waals surface area (Å²) >= 11 is 3.02. The van der Waals surface area contributed by atoms with Gasteiger partial charge in [-0.2, -0.15) is 4.99 Å². The average molecular weight is 445 g/mol. The van der Waals surface area contributed by atoms with Crippen molar-refractivity contribution in [3.05, 3.63) is 58.9 Å². The molecule has 0 atom stereocenters. The minimum Gasteiger partial charge on any atom is -0.465 e. The molecule has 0 saturated heterocycles. The summed E-state index contributed by atoms with van der Waals surface area (Å²) in [5.74, 6) is 0.116. The number of thioether (sulfide) groups is 1. The number of aromatic nitrogens is 1. The second kappa shape index (κ2) is 11.1. The largest absolute Gasteiger partial charge is 0.465 e. The highest BCUT2D eigenvalue weighted by Crippen LogP contribution is 2.21. The number of hydrogen-bond donors (Lipinski definition) is 0. The number of fused-ring (bicyclic) bond motifs is 1. The highest BCUT2D eigenvalue weighted by molar-refractivity contribution is 7.99. The lowest BCUT2D eigenvalue weighted by Gasteiger charge is -2.06. The predicted octanol–water partition coefficient (Wildman–Crippen LogP) is 4.14. The number of nitrogens with zero attached hydrogens (tertiary/aromatic N) is 2. The van der Waals surface area contributed by atoms with Gasteiger partial charge in [-0.25, -0.2) is 4.79 Å². The van der Waals surface area contributed by atoms with Gasteiger partial charge in [-0.1, -0.05) is 29.5 Å². The van der Waals surface area contributed by atoms with Crippen molar-refractivity contribution in [1.29, 1.82) is 0 Å². The van der Waals surface area contributed by atoms with Gasteiger partial charge in [-0.15, -0.1) is 11.8 Å². The molecular formula is C22H24N2O4S2. The third-order valence-electron chi connectivity index (χ3n) is 4.32. The minimum atomic E-state index is -0.390. The van der Waals surface area contributed by atoms with Crippen LogP contribution >= 0.6 is 23.1 Å². The number of carbonyl (C=O) groups is 2. The molecule has 3 aromatic rings. The van der Waals surface area contributed by atoms with Gasteiger partial charge in [-0.05, 0) is 37.3 Å². The second-order valence-electron chi connectivity index (χ2n) is 6.32. The molecule has 2 aromatic carbocycles. The topological polar surface area (TPSA) is 69.9 Å². The van der Waals surface area contributed by atoms with Crippen LogP contribution in [0.4, 0.5) is 0 Å². The van der Waals surface area contributed by atoms with Crippen molar-refractivity contribution in [2.24, 2.45) is 4.99 Å². The fourth-order valence-electron chi connectivity index (χ4n) is 2.86. The minimum absolute atomic E-state index is 0.164. The Balaban J connectivity index is 1.82. The van der Waals surface area contributed by atoms with Gasteiger partial charge in [0.15, 0.2) is 4.80 Å². The van der Waals surface area contributed by atoms with Gasteiger partial charge in [0.2, 0.25) is 5.91 Å². The van der Waals surface area contributed by atoms with Gasteiger partial charge in [0.05, 0.1) is 29.5 Å². The normalized spacial score (nSPS) is 11.7. The molecule has 1 aromatic heterocycles. The van der Waals surface area contributed by atoms with E-state index in [9.17, 15) is 9.59 Å². The van der Waals surface area contributed by atoms with Crippen LogP contribution in [0.15, 0.2) is 58.4 Å². The Labute approximate surface area is 183 Å². The quantitative estimate of drug-likeness (QED) is 0.282. The van der Waals surface area contributed by atoms with E-state index in [1.54, 1.807) is 23.9 Å². The molecule has 0 bridgehead atoms. The smallest absolute Gasteiger partial charge is 0.337 e. The number of methoxy groups -OCH3 is 1. The maximum absolute atomic E-state index is 12.5. The molecule has 3 rings (SSSR count). The van der Waals surface area contributed by atoms with Gasteiger partial charge in [0.1, 0.15) is 0 Å². The third-order valence-corrected chi connectivity index (χ3v) is 6.37. The molecule has 0 spiro atoms. The summed E-state index contributed by atoms with van der Waals surface area (Å²) in [6, 6.07) is 15.3. The molecule has 158 valence electrons. The van der Waals surface area contributed by atoms with Crippen LogP contribution in [0.5, 0.6) is 0 Å². The molecule has 30 heavy (non-hydrogen) atoms. The summed E-state index contributed by atoms with van der Waals surface area (Å²) in [6.45, 7) is 3.66. The molecule has 6 nitrogen and oxygen atoms in total. The van der Waals surface area contributed by atoms with E-state index in [2.05, 4.69) is 4.99 Å². The van der Waals surface area contributed by atoms with Crippen LogP contribution in [0.1, 0.15) is 23.7 Å². The first-order valence-electron chi connectivity index (χ1n) is 9.67.